The highest BCUT2D eigenvalue weighted by molar-refractivity contribution is 4.79. The summed E-state index contributed by atoms with van der Waals surface area (Å²) in [7, 11) is 0. The molecule has 1 aliphatic heterocycles. The van der Waals surface area contributed by atoms with Crippen LogP contribution in [0.4, 0.5) is 0 Å². The first-order valence-electron chi connectivity index (χ1n) is 6.57. The normalized spacial score (nSPS) is 20.8. The Morgan fingerprint density at radius 3 is 2.47 bits per heavy atom. The highest BCUT2D eigenvalue weighted by Gasteiger charge is 2.23. The summed E-state index contributed by atoms with van der Waals surface area (Å²) < 4.78 is 5.43. The average molecular weight is 213 g/mol. The number of hydrogen-bond acceptors (Lipinski definition) is 2. The fourth-order valence-electron chi connectivity index (χ4n) is 2.43. The maximum atomic E-state index is 5.43. The lowest BCUT2D eigenvalue weighted by Gasteiger charge is -2.32. The summed E-state index contributed by atoms with van der Waals surface area (Å²) in [5.41, 5.74) is 0. The lowest BCUT2D eigenvalue weighted by atomic mass is 9.88. The SMILES string of the molecule is CCCCC(NC(C)C)C1CCOCC1. The number of rotatable bonds is 6. The van der Waals surface area contributed by atoms with Gasteiger partial charge in [-0.25, -0.2) is 0 Å². The van der Waals surface area contributed by atoms with Crippen LogP contribution in [-0.2, 0) is 4.74 Å². The summed E-state index contributed by atoms with van der Waals surface area (Å²) in [5.74, 6) is 0.840. The molecule has 1 heterocycles. The first-order chi connectivity index (χ1) is 7.24. The number of ether oxygens (including phenoxy) is 1. The van der Waals surface area contributed by atoms with E-state index in [1.165, 1.54) is 32.1 Å². The van der Waals surface area contributed by atoms with E-state index in [2.05, 4.69) is 26.1 Å². The number of hydrogen-bond donors (Lipinski definition) is 1. The first-order valence-corrected chi connectivity index (χ1v) is 6.57. The van der Waals surface area contributed by atoms with E-state index in [-0.39, 0.29) is 0 Å². The molecule has 0 saturated carbocycles. The van der Waals surface area contributed by atoms with Crippen molar-refractivity contribution < 1.29 is 4.74 Å². The van der Waals surface area contributed by atoms with Gasteiger partial charge in [-0.3, -0.25) is 0 Å². The van der Waals surface area contributed by atoms with Gasteiger partial charge in [0, 0.05) is 25.3 Å². The maximum Gasteiger partial charge on any atom is 0.0469 e. The molecule has 0 spiro atoms. The van der Waals surface area contributed by atoms with Crippen LogP contribution < -0.4 is 5.32 Å². The molecule has 1 rings (SSSR count). The topological polar surface area (TPSA) is 21.3 Å². The minimum Gasteiger partial charge on any atom is -0.381 e. The van der Waals surface area contributed by atoms with Gasteiger partial charge in [0.05, 0.1) is 0 Å². The standard InChI is InChI=1S/C13H27NO/c1-4-5-6-13(14-11(2)3)12-7-9-15-10-8-12/h11-14H,4-10H2,1-3H3. The zero-order valence-corrected chi connectivity index (χ0v) is 10.6. The quantitative estimate of drug-likeness (QED) is 0.732. The van der Waals surface area contributed by atoms with E-state index in [4.69, 9.17) is 4.74 Å². The molecule has 0 aromatic rings. The summed E-state index contributed by atoms with van der Waals surface area (Å²) in [4.78, 5) is 0. The Morgan fingerprint density at radius 2 is 1.93 bits per heavy atom. The summed E-state index contributed by atoms with van der Waals surface area (Å²) in [6.45, 7) is 8.70. The van der Waals surface area contributed by atoms with Crippen molar-refractivity contribution in [2.45, 2.75) is 65.0 Å². The molecule has 1 atom stereocenters. The largest absolute Gasteiger partial charge is 0.381 e. The molecule has 1 N–H and O–H groups in total. The van der Waals surface area contributed by atoms with Gasteiger partial charge < -0.3 is 10.1 Å². The zero-order valence-electron chi connectivity index (χ0n) is 10.6. The third-order valence-corrected chi connectivity index (χ3v) is 3.25. The van der Waals surface area contributed by atoms with Crippen molar-refractivity contribution in [3.8, 4) is 0 Å². The second kappa shape index (κ2) is 7.24. The summed E-state index contributed by atoms with van der Waals surface area (Å²) in [5, 5.41) is 3.73. The van der Waals surface area contributed by atoms with Crippen LogP contribution in [0.5, 0.6) is 0 Å². The molecule has 2 heteroatoms. The van der Waals surface area contributed by atoms with E-state index in [0.29, 0.717) is 12.1 Å². The van der Waals surface area contributed by atoms with E-state index in [0.717, 1.165) is 19.1 Å². The summed E-state index contributed by atoms with van der Waals surface area (Å²) in [6, 6.07) is 1.32. The molecule has 0 radical (unpaired) electrons. The van der Waals surface area contributed by atoms with E-state index >= 15 is 0 Å². The number of unbranched alkanes of at least 4 members (excludes halogenated alkanes) is 1. The molecule has 1 aliphatic rings. The predicted octanol–water partition coefficient (Wildman–Crippen LogP) is 2.97. The van der Waals surface area contributed by atoms with Gasteiger partial charge in [-0.05, 0) is 25.2 Å². The van der Waals surface area contributed by atoms with E-state index in [1.54, 1.807) is 0 Å². The monoisotopic (exact) mass is 213 g/mol. The van der Waals surface area contributed by atoms with Crippen LogP contribution in [0.25, 0.3) is 0 Å². The first kappa shape index (κ1) is 13.0. The van der Waals surface area contributed by atoms with Crippen molar-refractivity contribution >= 4 is 0 Å². The second-order valence-corrected chi connectivity index (χ2v) is 5.02. The Labute approximate surface area is 94.8 Å². The lowest BCUT2D eigenvalue weighted by Crippen LogP contribution is -2.42. The van der Waals surface area contributed by atoms with Crippen molar-refractivity contribution in [3.05, 3.63) is 0 Å². The molecule has 1 unspecified atom stereocenters. The van der Waals surface area contributed by atoms with Crippen LogP contribution in [0.3, 0.4) is 0 Å². The molecule has 15 heavy (non-hydrogen) atoms. The van der Waals surface area contributed by atoms with Crippen LogP contribution >= 0.6 is 0 Å². The third kappa shape index (κ3) is 4.98. The lowest BCUT2D eigenvalue weighted by molar-refractivity contribution is 0.0510. The van der Waals surface area contributed by atoms with Gasteiger partial charge in [0.1, 0.15) is 0 Å². The molecule has 90 valence electrons. The highest BCUT2D eigenvalue weighted by Crippen LogP contribution is 2.22. The Morgan fingerprint density at radius 1 is 1.27 bits per heavy atom. The van der Waals surface area contributed by atoms with E-state index in [9.17, 15) is 0 Å². The van der Waals surface area contributed by atoms with Crippen molar-refractivity contribution in [1.29, 1.82) is 0 Å². The van der Waals surface area contributed by atoms with Crippen molar-refractivity contribution in [1.82, 2.24) is 5.32 Å². The van der Waals surface area contributed by atoms with Crippen LogP contribution in [0.15, 0.2) is 0 Å². The molecule has 1 saturated heterocycles. The Balaban J connectivity index is 2.37. The Kier molecular flexibility index (Phi) is 6.26. The minimum absolute atomic E-state index is 0.606. The van der Waals surface area contributed by atoms with Gasteiger partial charge in [0.25, 0.3) is 0 Å². The Bertz CT molecular complexity index is 153. The van der Waals surface area contributed by atoms with Gasteiger partial charge in [-0.1, -0.05) is 33.6 Å². The molecule has 0 aliphatic carbocycles. The van der Waals surface area contributed by atoms with Crippen LogP contribution in [0.2, 0.25) is 0 Å². The molecule has 0 aromatic heterocycles. The Hall–Kier alpha value is -0.0800. The van der Waals surface area contributed by atoms with Gasteiger partial charge in [-0.15, -0.1) is 0 Å². The molecule has 1 fully saturated rings. The van der Waals surface area contributed by atoms with Crippen molar-refractivity contribution in [2.24, 2.45) is 5.92 Å². The summed E-state index contributed by atoms with van der Waals surface area (Å²) in [6.07, 6.45) is 6.47. The fraction of sp³-hybridized carbons (Fsp3) is 1.00. The summed E-state index contributed by atoms with van der Waals surface area (Å²) >= 11 is 0. The smallest absolute Gasteiger partial charge is 0.0469 e. The van der Waals surface area contributed by atoms with Gasteiger partial charge >= 0.3 is 0 Å². The number of nitrogens with one attached hydrogen (secondary N) is 1. The van der Waals surface area contributed by atoms with Gasteiger partial charge in [0.15, 0.2) is 0 Å². The molecule has 2 nitrogen and oxygen atoms in total. The van der Waals surface area contributed by atoms with Crippen LogP contribution in [0, 0.1) is 5.92 Å². The molecule has 0 amide bonds. The average Bonchev–Trinajstić information content (AvgIpc) is 2.25. The molecular formula is C13H27NO. The minimum atomic E-state index is 0.606. The highest BCUT2D eigenvalue weighted by atomic mass is 16.5. The van der Waals surface area contributed by atoms with Crippen LogP contribution in [-0.4, -0.2) is 25.3 Å². The fourth-order valence-corrected chi connectivity index (χ4v) is 2.43. The van der Waals surface area contributed by atoms with Crippen molar-refractivity contribution in [2.75, 3.05) is 13.2 Å². The zero-order chi connectivity index (χ0) is 11.1. The van der Waals surface area contributed by atoms with Gasteiger partial charge in [0.2, 0.25) is 0 Å². The molecule has 0 bridgehead atoms. The van der Waals surface area contributed by atoms with Crippen molar-refractivity contribution in [3.63, 3.8) is 0 Å². The van der Waals surface area contributed by atoms with Crippen LogP contribution in [0.1, 0.15) is 52.9 Å². The molecular weight excluding hydrogens is 186 g/mol. The second-order valence-electron chi connectivity index (χ2n) is 5.02. The van der Waals surface area contributed by atoms with E-state index in [1.807, 2.05) is 0 Å². The molecule has 0 aromatic carbocycles. The predicted molar refractivity (Wildman–Crippen MR) is 65.1 cm³/mol. The maximum absolute atomic E-state index is 5.43. The van der Waals surface area contributed by atoms with Gasteiger partial charge in [-0.2, -0.15) is 0 Å². The third-order valence-electron chi connectivity index (χ3n) is 3.25. The van der Waals surface area contributed by atoms with E-state index < -0.39 is 0 Å².